The molecule has 5 amide bonds. The molecule has 46 heavy (non-hydrogen) atoms. The second kappa shape index (κ2) is 13.4. The van der Waals surface area contributed by atoms with Gasteiger partial charge in [-0.15, -0.1) is 0 Å². The lowest BCUT2D eigenvalue weighted by atomic mass is 10.0. The Balaban J connectivity index is 1.41. The van der Waals surface area contributed by atoms with Gasteiger partial charge >= 0.3 is 18.1 Å². The molecule has 2 heterocycles. The molecule has 0 aromatic heterocycles. The molecule has 0 bridgehead atoms. The lowest BCUT2D eigenvalue weighted by Crippen LogP contribution is -2.66. The molecule has 2 fully saturated rings. The number of rotatable bonds is 3. The number of carbonyl (C=O) groups excluding carboxylic acids is 4. The number of aliphatic carboxylic acids is 1. The number of hydrogen-bond donors (Lipinski definition) is 4. The van der Waals surface area contributed by atoms with Gasteiger partial charge in [0.15, 0.2) is 0 Å². The number of nitrogens with one attached hydrogen (secondary N) is 3. The van der Waals surface area contributed by atoms with Crippen molar-refractivity contribution in [3.05, 3.63) is 54.6 Å². The maximum absolute atomic E-state index is 14.1. The third kappa shape index (κ3) is 7.43. The van der Waals surface area contributed by atoms with Crippen LogP contribution in [0.5, 0.6) is 0 Å². The van der Waals surface area contributed by atoms with Gasteiger partial charge in [0.05, 0.1) is 12.2 Å². The Bertz CT molecular complexity index is 1530. The fourth-order valence-electron chi connectivity index (χ4n) is 6.21. The first-order valence-electron chi connectivity index (χ1n) is 15.9. The molecular formula is C34H43N5O7. The maximum Gasteiger partial charge on any atom is 0.408 e. The van der Waals surface area contributed by atoms with Gasteiger partial charge in [-0.1, -0.05) is 61.4 Å². The van der Waals surface area contributed by atoms with Crippen molar-refractivity contribution in [3.63, 3.8) is 0 Å². The van der Waals surface area contributed by atoms with Crippen LogP contribution < -0.4 is 16.0 Å². The van der Waals surface area contributed by atoms with Gasteiger partial charge in [0.25, 0.3) is 0 Å². The normalized spacial score (nSPS) is 26.4. The molecule has 5 rings (SSSR count). The van der Waals surface area contributed by atoms with Crippen molar-refractivity contribution in [2.24, 2.45) is 5.92 Å². The van der Waals surface area contributed by atoms with Gasteiger partial charge in [0.2, 0.25) is 11.8 Å². The minimum absolute atomic E-state index is 0.00970. The largest absolute Gasteiger partial charge is 0.479 e. The fraction of sp³-hybridized carbons (Fsp3) is 0.500. The van der Waals surface area contributed by atoms with Crippen LogP contribution >= 0.6 is 0 Å². The van der Waals surface area contributed by atoms with Crippen molar-refractivity contribution < 1.29 is 33.8 Å². The number of fused-ring (bicyclic) bond motifs is 3. The average Bonchev–Trinajstić information content (AvgIpc) is 3.71. The predicted octanol–water partition coefficient (Wildman–Crippen LogP) is 4.26. The molecule has 12 nitrogen and oxygen atoms in total. The minimum Gasteiger partial charge on any atom is -0.479 e. The Kier molecular flexibility index (Phi) is 9.55. The summed E-state index contributed by atoms with van der Waals surface area (Å²) in [5.41, 5.74) is -1.66. The van der Waals surface area contributed by atoms with Gasteiger partial charge in [0, 0.05) is 24.4 Å². The lowest BCUT2D eigenvalue weighted by Gasteiger charge is -2.42. The Morgan fingerprint density at radius 3 is 2.54 bits per heavy atom. The number of hydrogen-bond acceptors (Lipinski definition) is 6. The topological polar surface area (TPSA) is 157 Å². The second-order valence-electron chi connectivity index (χ2n) is 13.3. The van der Waals surface area contributed by atoms with Crippen LogP contribution in [0, 0.1) is 5.92 Å². The number of benzene rings is 2. The third-order valence-corrected chi connectivity index (χ3v) is 8.75. The van der Waals surface area contributed by atoms with E-state index in [0.717, 1.165) is 30.0 Å². The van der Waals surface area contributed by atoms with Crippen molar-refractivity contribution in [2.45, 2.75) is 82.5 Å². The molecular weight excluding hydrogens is 590 g/mol. The van der Waals surface area contributed by atoms with Crippen LogP contribution in [0.1, 0.15) is 59.3 Å². The van der Waals surface area contributed by atoms with Crippen LogP contribution in [0.3, 0.4) is 0 Å². The smallest absolute Gasteiger partial charge is 0.408 e. The van der Waals surface area contributed by atoms with E-state index in [-0.39, 0.29) is 32.0 Å². The van der Waals surface area contributed by atoms with Gasteiger partial charge in [-0.3, -0.25) is 9.59 Å². The average molecular weight is 634 g/mol. The van der Waals surface area contributed by atoms with Crippen LogP contribution in [0.25, 0.3) is 10.8 Å². The van der Waals surface area contributed by atoms with Gasteiger partial charge in [-0.25, -0.2) is 14.4 Å². The molecule has 1 saturated heterocycles. The van der Waals surface area contributed by atoms with Crippen LogP contribution in [-0.4, -0.2) is 87.7 Å². The van der Waals surface area contributed by atoms with Gasteiger partial charge in [-0.05, 0) is 57.9 Å². The molecule has 4 N–H and O–H groups in total. The first kappa shape index (κ1) is 32.8. The zero-order chi connectivity index (χ0) is 33.1. The minimum atomic E-state index is -1.48. The second-order valence-corrected chi connectivity index (χ2v) is 13.3. The monoisotopic (exact) mass is 633 g/mol. The molecule has 2 aromatic carbocycles. The summed E-state index contributed by atoms with van der Waals surface area (Å²) in [4.78, 5) is 69.6. The molecule has 0 radical (unpaired) electrons. The van der Waals surface area contributed by atoms with Crippen LogP contribution in [-0.2, 0) is 19.1 Å². The van der Waals surface area contributed by atoms with E-state index in [1.54, 1.807) is 26.8 Å². The number of allylic oxidation sites excluding steroid dienone is 1. The quantitative estimate of drug-likeness (QED) is 0.368. The Labute approximate surface area is 268 Å². The number of anilines is 1. The van der Waals surface area contributed by atoms with E-state index in [0.29, 0.717) is 18.5 Å². The molecule has 2 aliphatic heterocycles. The molecule has 4 atom stereocenters. The zero-order valence-corrected chi connectivity index (χ0v) is 26.6. The molecule has 12 heteroatoms. The zero-order valence-electron chi connectivity index (χ0n) is 26.6. The van der Waals surface area contributed by atoms with E-state index in [9.17, 15) is 29.1 Å². The Hall–Kier alpha value is -4.61. The van der Waals surface area contributed by atoms with Crippen molar-refractivity contribution >= 4 is 46.4 Å². The van der Waals surface area contributed by atoms with Crippen molar-refractivity contribution in [3.8, 4) is 0 Å². The summed E-state index contributed by atoms with van der Waals surface area (Å²) in [7, 11) is 0. The summed E-state index contributed by atoms with van der Waals surface area (Å²) in [6.07, 6.45) is 6.60. The van der Waals surface area contributed by atoms with Gasteiger partial charge in [-0.2, -0.15) is 0 Å². The van der Waals surface area contributed by atoms with Gasteiger partial charge in [0.1, 0.15) is 23.2 Å². The molecule has 1 saturated carbocycles. The highest BCUT2D eigenvalue weighted by Gasteiger charge is 2.61. The summed E-state index contributed by atoms with van der Waals surface area (Å²) in [6.45, 7) is 5.15. The number of carboxylic acid groups (broad SMARTS) is 1. The van der Waals surface area contributed by atoms with Crippen LogP contribution in [0.4, 0.5) is 15.3 Å². The SMILES string of the molecule is CC(C)(C)OC(=O)N[C@H]1CCCCC/C=C/C2C[C@]2(C(=O)O)NC(=O)[C@@H]2CN(C(=O)Nc3cccc4ccccc34)CCN2C1=O. The summed E-state index contributed by atoms with van der Waals surface area (Å²) in [5, 5.41) is 20.3. The molecule has 2 aromatic rings. The van der Waals surface area contributed by atoms with E-state index in [2.05, 4.69) is 16.0 Å². The van der Waals surface area contributed by atoms with E-state index in [1.807, 2.05) is 48.6 Å². The lowest BCUT2D eigenvalue weighted by molar-refractivity contribution is -0.148. The van der Waals surface area contributed by atoms with Crippen molar-refractivity contribution in [1.82, 2.24) is 20.4 Å². The van der Waals surface area contributed by atoms with E-state index < -0.39 is 53.1 Å². The fourth-order valence-corrected chi connectivity index (χ4v) is 6.21. The highest BCUT2D eigenvalue weighted by molar-refractivity contribution is 6.02. The van der Waals surface area contributed by atoms with Crippen molar-refractivity contribution in [2.75, 3.05) is 25.0 Å². The van der Waals surface area contributed by atoms with Gasteiger partial charge < -0.3 is 35.6 Å². The number of ether oxygens (including phenoxy) is 1. The summed E-state index contributed by atoms with van der Waals surface area (Å²) in [6, 6.07) is 10.6. The third-order valence-electron chi connectivity index (χ3n) is 8.75. The number of urea groups is 1. The highest BCUT2D eigenvalue weighted by Crippen LogP contribution is 2.45. The number of nitrogens with zero attached hydrogens (tertiary/aromatic N) is 2. The van der Waals surface area contributed by atoms with Crippen molar-refractivity contribution in [1.29, 1.82) is 0 Å². The predicted molar refractivity (Wildman–Crippen MR) is 172 cm³/mol. The maximum atomic E-state index is 14.1. The summed E-state index contributed by atoms with van der Waals surface area (Å²) in [5.74, 6) is -2.67. The summed E-state index contributed by atoms with van der Waals surface area (Å²) >= 11 is 0. The van der Waals surface area contributed by atoms with Crippen LogP contribution in [0.15, 0.2) is 54.6 Å². The standard InChI is InChI=1S/C34H43N5O7/c1-33(2,3)46-32(45)36-26-16-8-6-4-5-7-14-23-20-34(23,30(42)43)37-28(40)27-21-38(18-19-39(27)29(26)41)31(44)35-25-17-11-13-22-12-9-10-15-24(22)25/h7,9-15,17,23,26-27H,4-6,8,16,18-21H2,1-3H3,(H,35,44)(H,36,45)(H,37,40)(H,42,43)/b14-7+/t23?,26-,27-,34-/m0/s1. The van der Waals surface area contributed by atoms with E-state index in [4.69, 9.17) is 4.74 Å². The molecule has 3 aliphatic rings. The molecule has 1 aliphatic carbocycles. The highest BCUT2D eigenvalue weighted by atomic mass is 16.6. The number of amides is 5. The molecule has 0 spiro atoms. The van der Waals surface area contributed by atoms with E-state index >= 15 is 0 Å². The Morgan fingerprint density at radius 1 is 1.02 bits per heavy atom. The summed E-state index contributed by atoms with van der Waals surface area (Å²) < 4.78 is 5.43. The number of alkyl carbamates (subject to hydrolysis) is 1. The molecule has 1 unspecified atom stereocenters. The Morgan fingerprint density at radius 2 is 1.78 bits per heavy atom. The number of piperazine rings is 1. The number of carbonyl (C=O) groups is 5. The number of carboxylic acids is 1. The first-order chi connectivity index (χ1) is 21.9. The van der Waals surface area contributed by atoms with E-state index in [1.165, 1.54) is 9.80 Å². The molecule has 246 valence electrons. The van der Waals surface area contributed by atoms with Crippen LogP contribution in [0.2, 0.25) is 0 Å². The first-order valence-corrected chi connectivity index (χ1v) is 15.9.